The van der Waals surface area contributed by atoms with Crippen molar-refractivity contribution in [3.63, 3.8) is 0 Å². The summed E-state index contributed by atoms with van der Waals surface area (Å²) < 4.78 is 4.80. The molecule has 1 saturated carbocycles. The number of rotatable bonds is 4. The fraction of sp³-hybridized carbons (Fsp3) is 0.733. The lowest BCUT2D eigenvalue weighted by atomic mass is 9.80. The van der Waals surface area contributed by atoms with Crippen molar-refractivity contribution in [1.29, 1.82) is 0 Å². The smallest absolute Gasteiger partial charge is 0.349 e. The highest BCUT2D eigenvalue weighted by Crippen LogP contribution is 2.39. The maximum Gasteiger partial charge on any atom is 0.349 e. The van der Waals surface area contributed by atoms with Crippen LogP contribution in [0, 0.1) is 12.8 Å². The van der Waals surface area contributed by atoms with Gasteiger partial charge in [-0.05, 0) is 38.5 Å². The van der Waals surface area contributed by atoms with Crippen molar-refractivity contribution < 1.29 is 9.53 Å². The van der Waals surface area contributed by atoms with Crippen LogP contribution < -0.4 is 0 Å². The summed E-state index contributed by atoms with van der Waals surface area (Å²) in [5, 5.41) is 1.13. The van der Waals surface area contributed by atoms with Gasteiger partial charge in [0, 0.05) is 5.92 Å². The van der Waals surface area contributed by atoms with E-state index >= 15 is 0 Å². The van der Waals surface area contributed by atoms with Gasteiger partial charge in [0.15, 0.2) is 0 Å². The van der Waals surface area contributed by atoms with Crippen LogP contribution in [0.4, 0.5) is 0 Å². The van der Waals surface area contributed by atoms with E-state index in [2.05, 4.69) is 11.9 Å². The van der Waals surface area contributed by atoms with E-state index in [9.17, 15) is 4.79 Å². The largest absolute Gasteiger partial charge is 0.465 e. The van der Waals surface area contributed by atoms with Crippen molar-refractivity contribution in [2.24, 2.45) is 5.92 Å². The predicted octanol–water partition coefficient (Wildman–Crippen LogP) is 4.31. The molecule has 1 fully saturated rings. The van der Waals surface area contributed by atoms with Crippen LogP contribution in [0.25, 0.3) is 0 Å². The number of hydrogen-bond donors (Lipinski definition) is 0. The molecule has 1 aromatic rings. The van der Waals surface area contributed by atoms with Gasteiger partial charge in [0.25, 0.3) is 0 Å². The van der Waals surface area contributed by atoms with Crippen molar-refractivity contribution in [2.45, 2.75) is 58.3 Å². The maximum absolute atomic E-state index is 11.6. The molecule has 0 spiro atoms. The Bertz CT molecular complexity index is 433. The molecule has 0 bridgehead atoms. The predicted molar refractivity (Wildman–Crippen MR) is 77.8 cm³/mol. The van der Waals surface area contributed by atoms with E-state index in [4.69, 9.17) is 4.74 Å². The Hall–Kier alpha value is -0.900. The van der Waals surface area contributed by atoms with Crippen molar-refractivity contribution in [3.8, 4) is 0 Å². The van der Waals surface area contributed by atoms with Crippen LogP contribution in [0.1, 0.15) is 71.7 Å². The molecule has 1 aliphatic carbocycles. The molecule has 0 N–H and O–H groups in total. The Labute approximate surface area is 119 Å². The molecular weight excluding hydrogens is 258 g/mol. The summed E-state index contributed by atoms with van der Waals surface area (Å²) in [6, 6.07) is 0. The Morgan fingerprint density at radius 3 is 2.63 bits per heavy atom. The van der Waals surface area contributed by atoms with Gasteiger partial charge in [0.05, 0.1) is 17.8 Å². The summed E-state index contributed by atoms with van der Waals surface area (Å²) in [6.45, 7) is 4.16. The molecule has 3 nitrogen and oxygen atoms in total. The van der Waals surface area contributed by atoms with Crippen molar-refractivity contribution in [2.75, 3.05) is 7.11 Å². The van der Waals surface area contributed by atoms with Crippen LogP contribution in [0.2, 0.25) is 0 Å². The van der Waals surface area contributed by atoms with E-state index in [-0.39, 0.29) is 5.97 Å². The monoisotopic (exact) mass is 281 g/mol. The minimum absolute atomic E-state index is 0.249. The average Bonchev–Trinajstić information content (AvgIpc) is 2.81. The van der Waals surface area contributed by atoms with Gasteiger partial charge in [-0.15, -0.1) is 11.3 Å². The molecule has 0 atom stereocenters. The third-order valence-corrected chi connectivity index (χ3v) is 5.38. The average molecular weight is 281 g/mol. The van der Waals surface area contributed by atoms with Crippen molar-refractivity contribution >= 4 is 17.3 Å². The number of carbonyl (C=O) groups excluding carboxylic acids is 1. The lowest BCUT2D eigenvalue weighted by molar-refractivity contribution is 0.0605. The first kappa shape index (κ1) is 14.5. The van der Waals surface area contributed by atoms with Crippen LogP contribution in [0.3, 0.4) is 0 Å². The summed E-state index contributed by atoms with van der Waals surface area (Å²) in [6.07, 6.45) is 7.71. The molecule has 1 aliphatic rings. The van der Waals surface area contributed by atoms with Crippen LogP contribution in [0.15, 0.2) is 0 Å². The first-order chi connectivity index (χ1) is 9.15. The SMILES string of the molecule is CCCC1CCC(c2nc(C)c(C(=O)OC)s2)CC1. The second-order valence-corrected chi connectivity index (χ2v) is 6.50. The standard InChI is InChI=1S/C15H23NO2S/c1-4-5-11-6-8-12(9-7-11)14-16-10(2)13(19-14)15(17)18-3/h11-12H,4-9H2,1-3H3. The normalized spacial score (nSPS) is 23.3. The minimum atomic E-state index is -0.249. The van der Waals surface area contributed by atoms with Gasteiger partial charge in [-0.25, -0.2) is 9.78 Å². The zero-order chi connectivity index (χ0) is 13.8. The van der Waals surface area contributed by atoms with E-state index in [0.717, 1.165) is 16.6 Å². The lowest BCUT2D eigenvalue weighted by Gasteiger charge is -2.26. The maximum atomic E-state index is 11.6. The molecule has 0 saturated heterocycles. The van der Waals surface area contributed by atoms with Gasteiger partial charge in [-0.3, -0.25) is 0 Å². The van der Waals surface area contributed by atoms with Crippen LogP contribution in [-0.2, 0) is 4.74 Å². The molecule has 1 aromatic heterocycles. The summed E-state index contributed by atoms with van der Waals surface area (Å²) >= 11 is 1.53. The van der Waals surface area contributed by atoms with Crippen molar-refractivity contribution in [1.82, 2.24) is 4.98 Å². The molecule has 0 aromatic carbocycles. The highest BCUT2D eigenvalue weighted by Gasteiger charge is 2.26. The minimum Gasteiger partial charge on any atom is -0.465 e. The zero-order valence-corrected chi connectivity index (χ0v) is 12.9. The first-order valence-electron chi connectivity index (χ1n) is 7.21. The third kappa shape index (κ3) is 3.35. The number of carbonyl (C=O) groups is 1. The number of aromatic nitrogens is 1. The summed E-state index contributed by atoms with van der Waals surface area (Å²) in [7, 11) is 1.43. The Kier molecular flexibility index (Phi) is 4.97. The van der Waals surface area contributed by atoms with E-state index in [1.165, 1.54) is 57.0 Å². The number of nitrogens with zero attached hydrogens (tertiary/aromatic N) is 1. The lowest BCUT2D eigenvalue weighted by Crippen LogP contribution is -2.13. The molecule has 106 valence electrons. The molecule has 0 amide bonds. The van der Waals surface area contributed by atoms with Crippen LogP contribution in [0.5, 0.6) is 0 Å². The summed E-state index contributed by atoms with van der Waals surface area (Å²) in [4.78, 5) is 16.9. The van der Waals surface area contributed by atoms with E-state index in [0.29, 0.717) is 10.8 Å². The second kappa shape index (κ2) is 6.51. The molecule has 1 heterocycles. The molecule has 2 rings (SSSR count). The van der Waals surface area contributed by atoms with Crippen LogP contribution >= 0.6 is 11.3 Å². The highest BCUT2D eigenvalue weighted by atomic mass is 32.1. The number of hydrogen-bond acceptors (Lipinski definition) is 4. The Morgan fingerprint density at radius 2 is 2.05 bits per heavy atom. The van der Waals surface area contributed by atoms with Gasteiger partial charge in [0.1, 0.15) is 4.88 Å². The molecule has 0 aliphatic heterocycles. The molecular formula is C15H23NO2S. The molecule has 0 unspecified atom stereocenters. The Balaban J connectivity index is 2.02. The van der Waals surface area contributed by atoms with E-state index in [1.54, 1.807) is 0 Å². The second-order valence-electron chi connectivity index (χ2n) is 5.46. The first-order valence-corrected chi connectivity index (χ1v) is 8.03. The third-order valence-electron chi connectivity index (χ3n) is 4.08. The van der Waals surface area contributed by atoms with Crippen LogP contribution in [-0.4, -0.2) is 18.1 Å². The van der Waals surface area contributed by atoms with Crippen molar-refractivity contribution in [3.05, 3.63) is 15.6 Å². The quantitative estimate of drug-likeness (QED) is 0.772. The molecule has 4 heteroatoms. The zero-order valence-electron chi connectivity index (χ0n) is 12.1. The molecule has 19 heavy (non-hydrogen) atoms. The van der Waals surface area contributed by atoms with Gasteiger partial charge in [-0.2, -0.15) is 0 Å². The van der Waals surface area contributed by atoms with Gasteiger partial charge in [0.2, 0.25) is 0 Å². The Morgan fingerprint density at radius 1 is 1.37 bits per heavy atom. The molecule has 0 radical (unpaired) electrons. The topological polar surface area (TPSA) is 39.2 Å². The number of aryl methyl sites for hydroxylation is 1. The number of esters is 1. The van der Waals surface area contributed by atoms with E-state index in [1.807, 2.05) is 6.92 Å². The van der Waals surface area contributed by atoms with Gasteiger partial charge < -0.3 is 4.74 Å². The highest BCUT2D eigenvalue weighted by molar-refractivity contribution is 7.13. The number of thiazole rings is 1. The number of methoxy groups -OCH3 is 1. The van der Waals surface area contributed by atoms with E-state index < -0.39 is 0 Å². The summed E-state index contributed by atoms with van der Waals surface area (Å²) in [5.74, 6) is 1.21. The fourth-order valence-electron chi connectivity index (χ4n) is 2.98. The summed E-state index contributed by atoms with van der Waals surface area (Å²) in [5.41, 5.74) is 0.822. The van der Waals surface area contributed by atoms with Gasteiger partial charge in [-0.1, -0.05) is 19.8 Å². The fourth-order valence-corrected chi connectivity index (χ4v) is 4.13. The van der Waals surface area contributed by atoms with Gasteiger partial charge >= 0.3 is 5.97 Å². The number of ether oxygens (including phenoxy) is 1.